The Bertz CT molecular complexity index is 527. The van der Waals surface area contributed by atoms with Gasteiger partial charge in [0.05, 0.1) is 10.2 Å². The Morgan fingerprint density at radius 2 is 2.35 bits per heavy atom. The van der Waals surface area contributed by atoms with E-state index >= 15 is 0 Å². The van der Waals surface area contributed by atoms with Gasteiger partial charge in [0, 0.05) is 18.5 Å². The van der Waals surface area contributed by atoms with Gasteiger partial charge in [-0.1, -0.05) is 6.92 Å². The molecule has 90 valence electrons. The highest BCUT2D eigenvalue weighted by Gasteiger charge is 2.26. The van der Waals surface area contributed by atoms with Crippen molar-refractivity contribution in [1.29, 1.82) is 0 Å². The van der Waals surface area contributed by atoms with E-state index < -0.39 is 0 Å². The van der Waals surface area contributed by atoms with Gasteiger partial charge in [0.15, 0.2) is 0 Å². The smallest absolute Gasteiger partial charge is 0.150 e. The Morgan fingerprint density at radius 3 is 3.18 bits per heavy atom. The van der Waals surface area contributed by atoms with E-state index in [1.165, 1.54) is 4.70 Å². The minimum absolute atomic E-state index is 0.298. The largest absolute Gasteiger partial charge is 0.355 e. The highest BCUT2D eigenvalue weighted by molar-refractivity contribution is 7.17. The molecule has 0 aromatic carbocycles. The number of hydrogen-bond donors (Lipinski definition) is 0. The lowest BCUT2D eigenvalue weighted by Crippen LogP contribution is -2.40. The minimum atomic E-state index is 0.298. The summed E-state index contributed by atoms with van der Waals surface area (Å²) in [6.45, 7) is 4.18. The fourth-order valence-corrected chi connectivity index (χ4v) is 3.35. The van der Waals surface area contributed by atoms with Crippen LogP contribution < -0.4 is 4.90 Å². The Balaban J connectivity index is 1.96. The summed E-state index contributed by atoms with van der Waals surface area (Å²) in [5.41, 5.74) is 1.04. The highest BCUT2D eigenvalue weighted by Crippen LogP contribution is 2.31. The number of alkyl halides is 1. The molecular weight excluding hydrogens is 254 g/mol. The predicted octanol–water partition coefficient (Wildman–Crippen LogP) is 3.14. The number of nitrogens with zero attached hydrogens (tertiary/aromatic N) is 3. The summed E-state index contributed by atoms with van der Waals surface area (Å²) in [6.07, 6.45) is 2.68. The molecule has 1 saturated heterocycles. The summed E-state index contributed by atoms with van der Waals surface area (Å²) >= 11 is 7.97. The van der Waals surface area contributed by atoms with Crippen LogP contribution in [0.4, 0.5) is 5.82 Å². The first kappa shape index (κ1) is 11.2. The number of fused-ring (bicyclic) bond motifs is 1. The van der Waals surface area contributed by atoms with Gasteiger partial charge < -0.3 is 4.90 Å². The van der Waals surface area contributed by atoms with Crippen LogP contribution in [0.15, 0.2) is 17.8 Å². The third-order valence-electron chi connectivity index (χ3n) is 3.32. The van der Waals surface area contributed by atoms with Gasteiger partial charge in [-0.25, -0.2) is 9.97 Å². The molecule has 2 unspecified atom stereocenters. The number of hydrogen-bond acceptors (Lipinski definition) is 4. The second-order valence-corrected chi connectivity index (χ2v) is 6.04. The van der Waals surface area contributed by atoms with Crippen molar-refractivity contribution in [2.45, 2.75) is 18.7 Å². The van der Waals surface area contributed by atoms with Crippen LogP contribution in [0.2, 0.25) is 0 Å². The molecule has 0 N–H and O–H groups in total. The molecule has 0 spiro atoms. The van der Waals surface area contributed by atoms with E-state index in [1.54, 1.807) is 17.7 Å². The predicted molar refractivity (Wildman–Crippen MR) is 73.1 cm³/mol. The quantitative estimate of drug-likeness (QED) is 0.744. The number of rotatable bonds is 1. The topological polar surface area (TPSA) is 29.0 Å². The zero-order valence-electron chi connectivity index (χ0n) is 9.64. The van der Waals surface area contributed by atoms with Gasteiger partial charge in [-0.3, -0.25) is 0 Å². The first-order chi connectivity index (χ1) is 8.25. The number of anilines is 1. The van der Waals surface area contributed by atoms with Crippen LogP contribution in [0.3, 0.4) is 0 Å². The molecule has 1 aliphatic rings. The van der Waals surface area contributed by atoms with Crippen LogP contribution in [-0.4, -0.2) is 28.4 Å². The number of thiophene rings is 1. The Kier molecular flexibility index (Phi) is 2.92. The molecule has 0 saturated carbocycles. The van der Waals surface area contributed by atoms with E-state index in [9.17, 15) is 0 Å². The molecule has 0 radical (unpaired) electrons. The van der Waals surface area contributed by atoms with Crippen molar-refractivity contribution in [2.24, 2.45) is 5.92 Å². The van der Waals surface area contributed by atoms with E-state index in [0.29, 0.717) is 11.3 Å². The molecule has 0 bridgehead atoms. The summed E-state index contributed by atoms with van der Waals surface area (Å²) in [7, 11) is 0. The molecule has 1 aliphatic heterocycles. The maximum absolute atomic E-state index is 6.26. The van der Waals surface area contributed by atoms with Gasteiger partial charge in [-0.15, -0.1) is 22.9 Å². The van der Waals surface area contributed by atoms with Gasteiger partial charge in [0.2, 0.25) is 0 Å². The summed E-state index contributed by atoms with van der Waals surface area (Å²) in [4.78, 5) is 11.1. The minimum Gasteiger partial charge on any atom is -0.355 e. The molecule has 0 aliphatic carbocycles. The molecular formula is C12H14ClN3S. The molecule has 3 heterocycles. The molecule has 3 rings (SSSR count). The van der Waals surface area contributed by atoms with Crippen LogP contribution in [0, 0.1) is 5.92 Å². The van der Waals surface area contributed by atoms with Crippen LogP contribution in [0.1, 0.15) is 13.3 Å². The maximum atomic E-state index is 6.26. The maximum Gasteiger partial charge on any atom is 0.150 e. The zero-order chi connectivity index (χ0) is 11.8. The van der Waals surface area contributed by atoms with Gasteiger partial charge in [-0.05, 0) is 23.8 Å². The molecule has 2 atom stereocenters. The van der Waals surface area contributed by atoms with Crippen LogP contribution >= 0.6 is 22.9 Å². The Hall–Kier alpha value is -0.870. The molecule has 2 aromatic rings. The van der Waals surface area contributed by atoms with Crippen molar-refractivity contribution in [3.63, 3.8) is 0 Å². The normalized spacial score (nSPS) is 25.4. The van der Waals surface area contributed by atoms with E-state index in [-0.39, 0.29) is 0 Å². The number of piperidine rings is 1. The standard InChI is InChI=1S/C12H14ClN3S/c1-8-6-16(4-2-9(8)13)12-11-10(3-5-17-11)14-7-15-12/h3,5,7-9H,2,4,6H2,1H3. The van der Waals surface area contributed by atoms with Crippen molar-refractivity contribution in [2.75, 3.05) is 18.0 Å². The van der Waals surface area contributed by atoms with Gasteiger partial charge in [0.1, 0.15) is 12.1 Å². The number of halogens is 1. The van der Waals surface area contributed by atoms with E-state index in [1.807, 2.05) is 6.07 Å². The van der Waals surface area contributed by atoms with Crippen molar-refractivity contribution in [3.8, 4) is 0 Å². The van der Waals surface area contributed by atoms with Gasteiger partial charge in [-0.2, -0.15) is 0 Å². The van der Waals surface area contributed by atoms with Crippen molar-refractivity contribution < 1.29 is 0 Å². The second kappa shape index (κ2) is 4.42. The summed E-state index contributed by atoms with van der Waals surface area (Å²) in [5.74, 6) is 1.58. The highest BCUT2D eigenvalue weighted by atomic mass is 35.5. The molecule has 5 heteroatoms. The third-order valence-corrected chi connectivity index (χ3v) is 4.87. The SMILES string of the molecule is CC1CN(c2ncnc3ccsc23)CCC1Cl. The van der Waals surface area contributed by atoms with Crippen molar-refractivity contribution in [3.05, 3.63) is 17.8 Å². The van der Waals surface area contributed by atoms with E-state index in [0.717, 1.165) is 30.8 Å². The fraction of sp³-hybridized carbons (Fsp3) is 0.500. The average molecular weight is 268 g/mol. The molecule has 1 fully saturated rings. The lowest BCUT2D eigenvalue weighted by atomic mass is 10.00. The van der Waals surface area contributed by atoms with Crippen molar-refractivity contribution >= 4 is 39.0 Å². The first-order valence-electron chi connectivity index (χ1n) is 5.83. The first-order valence-corrected chi connectivity index (χ1v) is 7.14. The Morgan fingerprint density at radius 1 is 1.47 bits per heavy atom. The average Bonchev–Trinajstić information content (AvgIpc) is 2.80. The van der Waals surface area contributed by atoms with Gasteiger partial charge >= 0.3 is 0 Å². The Labute approximate surface area is 109 Å². The van der Waals surface area contributed by atoms with Crippen LogP contribution in [0.25, 0.3) is 10.2 Å². The summed E-state index contributed by atoms with van der Waals surface area (Å²) in [6, 6.07) is 2.04. The second-order valence-electron chi connectivity index (χ2n) is 4.56. The van der Waals surface area contributed by atoms with Gasteiger partial charge in [0.25, 0.3) is 0 Å². The molecule has 2 aromatic heterocycles. The molecule has 0 amide bonds. The van der Waals surface area contributed by atoms with Crippen LogP contribution in [-0.2, 0) is 0 Å². The molecule has 17 heavy (non-hydrogen) atoms. The van der Waals surface area contributed by atoms with E-state index in [2.05, 4.69) is 27.2 Å². The number of aromatic nitrogens is 2. The molecule has 3 nitrogen and oxygen atoms in total. The monoisotopic (exact) mass is 267 g/mol. The van der Waals surface area contributed by atoms with Crippen LogP contribution in [0.5, 0.6) is 0 Å². The zero-order valence-corrected chi connectivity index (χ0v) is 11.2. The van der Waals surface area contributed by atoms with E-state index in [4.69, 9.17) is 11.6 Å². The van der Waals surface area contributed by atoms with Crippen molar-refractivity contribution in [1.82, 2.24) is 9.97 Å². The summed E-state index contributed by atoms with van der Waals surface area (Å²) in [5, 5.41) is 2.37. The fourth-order valence-electron chi connectivity index (χ4n) is 2.31. The summed E-state index contributed by atoms with van der Waals surface area (Å²) < 4.78 is 1.19. The third kappa shape index (κ3) is 2.00. The lowest BCUT2D eigenvalue weighted by Gasteiger charge is -2.34. The lowest BCUT2D eigenvalue weighted by molar-refractivity contribution is 0.453.